The predicted molar refractivity (Wildman–Crippen MR) is 83.7 cm³/mol. The number of nitrogens with one attached hydrogen (secondary N) is 3. The Bertz CT molecular complexity index is 610. The minimum Gasteiger partial charge on any atom is -0.392 e. The van der Waals surface area contributed by atoms with Crippen molar-refractivity contribution in [1.82, 2.24) is 15.3 Å². The van der Waals surface area contributed by atoms with Crippen LogP contribution in [0.1, 0.15) is 37.7 Å². The van der Waals surface area contributed by atoms with E-state index in [2.05, 4.69) is 10.3 Å². The minimum absolute atomic E-state index is 0. The molecular formula is C12H22ClN5O3. The van der Waals surface area contributed by atoms with Crippen LogP contribution in [0.5, 0.6) is 0 Å². The van der Waals surface area contributed by atoms with Crippen molar-refractivity contribution in [2.75, 3.05) is 12.3 Å². The molecule has 9 heteroatoms. The average Bonchev–Trinajstić information content (AvgIpc) is 2.32. The molecule has 1 unspecified atom stereocenters. The van der Waals surface area contributed by atoms with Crippen LogP contribution >= 0.6 is 12.4 Å². The summed E-state index contributed by atoms with van der Waals surface area (Å²) in [6.45, 7) is 6.03. The van der Waals surface area contributed by atoms with Crippen molar-refractivity contribution in [3.8, 4) is 0 Å². The van der Waals surface area contributed by atoms with Crippen LogP contribution in [-0.2, 0) is 0 Å². The van der Waals surface area contributed by atoms with E-state index in [9.17, 15) is 14.4 Å². The smallest absolute Gasteiger partial charge is 0.326 e. The van der Waals surface area contributed by atoms with Gasteiger partial charge in [0.05, 0.1) is 5.54 Å². The van der Waals surface area contributed by atoms with Crippen molar-refractivity contribution in [2.24, 2.45) is 11.7 Å². The number of H-pyrrole nitrogens is 2. The van der Waals surface area contributed by atoms with Gasteiger partial charge in [-0.25, -0.2) is 4.79 Å². The zero-order chi connectivity index (χ0) is 15.5. The van der Waals surface area contributed by atoms with Crippen LogP contribution in [0.25, 0.3) is 0 Å². The largest absolute Gasteiger partial charge is 0.392 e. The molecule has 0 spiro atoms. The molecule has 0 aliphatic carbocycles. The summed E-state index contributed by atoms with van der Waals surface area (Å²) >= 11 is 0. The quantitative estimate of drug-likeness (QED) is 0.499. The number of rotatable bonds is 5. The van der Waals surface area contributed by atoms with Crippen LogP contribution in [0.3, 0.4) is 0 Å². The third-order valence-electron chi connectivity index (χ3n) is 2.93. The highest BCUT2D eigenvalue weighted by atomic mass is 35.5. The maximum Gasteiger partial charge on any atom is 0.326 e. The van der Waals surface area contributed by atoms with Gasteiger partial charge in [-0.3, -0.25) is 14.6 Å². The maximum atomic E-state index is 12.2. The average molecular weight is 320 g/mol. The minimum atomic E-state index is -0.794. The van der Waals surface area contributed by atoms with Gasteiger partial charge < -0.3 is 21.8 Å². The topological polar surface area (TPSA) is 147 Å². The van der Waals surface area contributed by atoms with Gasteiger partial charge in [0.2, 0.25) is 0 Å². The second kappa shape index (κ2) is 7.28. The lowest BCUT2D eigenvalue weighted by atomic mass is 9.90. The Morgan fingerprint density at radius 3 is 2.38 bits per heavy atom. The number of nitrogens with two attached hydrogens (primary N) is 2. The summed E-state index contributed by atoms with van der Waals surface area (Å²) in [5.74, 6) is -0.307. The zero-order valence-corrected chi connectivity index (χ0v) is 13.1. The van der Waals surface area contributed by atoms with E-state index in [1.165, 1.54) is 0 Å². The maximum absolute atomic E-state index is 12.2. The van der Waals surface area contributed by atoms with Gasteiger partial charge >= 0.3 is 5.69 Å². The summed E-state index contributed by atoms with van der Waals surface area (Å²) in [6.07, 6.45) is 0.655. The van der Waals surface area contributed by atoms with E-state index in [1.54, 1.807) is 6.92 Å². The monoisotopic (exact) mass is 319 g/mol. The summed E-state index contributed by atoms with van der Waals surface area (Å²) < 4.78 is 0. The van der Waals surface area contributed by atoms with E-state index in [0.717, 1.165) is 0 Å². The van der Waals surface area contributed by atoms with Crippen molar-refractivity contribution in [2.45, 2.75) is 32.7 Å². The summed E-state index contributed by atoms with van der Waals surface area (Å²) in [5, 5.41) is 2.72. The van der Waals surface area contributed by atoms with Crippen LogP contribution in [-0.4, -0.2) is 28.0 Å². The Hall–Kier alpha value is -1.80. The molecule has 1 amide bonds. The predicted octanol–water partition coefficient (Wildman–Crippen LogP) is -0.439. The van der Waals surface area contributed by atoms with Crippen molar-refractivity contribution in [3.63, 3.8) is 0 Å². The summed E-state index contributed by atoms with van der Waals surface area (Å²) in [5.41, 5.74) is 8.41. The highest BCUT2D eigenvalue weighted by Gasteiger charge is 2.27. The number of anilines is 1. The first-order valence-electron chi connectivity index (χ1n) is 6.33. The number of nitrogen functional groups attached to an aromatic ring is 1. The Morgan fingerprint density at radius 2 is 1.90 bits per heavy atom. The van der Waals surface area contributed by atoms with Gasteiger partial charge in [-0.1, -0.05) is 13.8 Å². The second-order valence-corrected chi connectivity index (χ2v) is 5.51. The summed E-state index contributed by atoms with van der Waals surface area (Å²) in [7, 11) is 0. The Morgan fingerprint density at radius 1 is 1.33 bits per heavy atom. The fourth-order valence-corrected chi connectivity index (χ4v) is 2.10. The van der Waals surface area contributed by atoms with Gasteiger partial charge in [-0.2, -0.15) is 0 Å². The Balaban J connectivity index is 0.00000400. The Kier molecular flexibility index (Phi) is 6.65. The van der Waals surface area contributed by atoms with Gasteiger partial charge in [0.1, 0.15) is 11.4 Å². The number of carbonyl (C=O) groups is 1. The fourth-order valence-electron chi connectivity index (χ4n) is 2.10. The number of amides is 1. The summed E-state index contributed by atoms with van der Waals surface area (Å²) in [6, 6.07) is 0. The highest BCUT2D eigenvalue weighted by Crippen LogP contribution is 2.16. The molecule has 1 heterocycles. The van der Waals surface area contributed by atoms with E-state index in [1.807, 2.05) is 18.8 Å². The van der Waals surface area contributed by atoms with Crippen molar-refractivity contribution >= 4 is 24.0 Å². The van der Waals surface area contributed by atoms with Crippen LogP contribution in [0.4, 0.5) is 5.69 Å². The molecule has 0 saturated carbocycles. The lowest BCUT2D eigenvalue weighted by Gasteiger charge is -2.31. The molecule has 0 saturated heterocycles. The van der Waals surface area contributed by atoms with Crippen LogP contribution in [0.2, 0.25) is 0 Å². The molecule has 1 aromatic rings. The van der Waals surface area contributed by atoms with Crippen LogP contribution in [0, 0.1) is 5.92 Å². The SMILES string of the molecule is CC(C)CC(C)(CN)NC(=O)c1[nH]c(=O)[nH]c(=O)c1N.Cl. The number of aromatic nitrogens is 2. The molecule has 0 fully saturated rings. The molecular weight excluding hydrogens is 298 g/mol. The van der Waals surface area contributed by atoms with E-state index in [0.29, 0.717) is 12.3 Å². The van der Waals surface area contributed by atoms with E-state index in [4.69, 9.17) is 11.5 Å². The van der Waals surface area contributed by atoms with Crippen molar-refractivity contribution in [3.05, 3.63) is 26.5 Å². The molecule has 1 atom stereocenters. The van der Waals surface area contributed by atoms with Crippen LogP contribution in [0.15, 0.2) is 9.59 Å². The number of carbonyl (C=O) groups excluding carboxylic acids is 1. The lowest BCUT2D eigenvalue weighted by Crippen LogP contribution is -2.52. The molecule has 0 aliphatic rings. The lowest BCUT2D eigenvalue weighted by molar-refractivity contribution is 0.0893. The molecule has 1 aromatic heterocycles. The fraction of sp³-hybridized carbons (Fsp3) is 0.583. The summed E-state index contributed by atoms with van der Waals surface area (Å²) in [4.78, 5) is 38.9. The third kappa shape index (κ3) is 4.91. The normalized spacial score (nSPS) is 13.4. The molecule has 7 N–H and O–H groups in total. The van der Waals surface area contributed by atoms with Crippen LogP contribution < -0.4 is 28.0 Å². The first-order chi connectivity index (χ1) is 9.18. The van der Waals surface area contributed by atoms with E-state index < -0.39 is 22.7 Å². The van der Waals surface area contributed by atoms with Gasteiger partial charge in [0, 0.05) is 6.54 Å². The van der Waals surface area contributed by atoms with Gasteiger partial charge in [-0.05, 0) is 19.3 Å². The third-order valence-corrected chi connectivity index (χ3v) is 2.93. The zero-order valence-electron chi connectivity index (χ0n) is 12.3. The Labute approximate surface area is 128 Å². The first kappa shape index (κ1) is 19.2. The van der Waals surface area contributed by atoms with Gasteiger partial charge in [-0.15, -0.1) is 12.4 Å². The second-order valence-electron chi connectivity index (χ2n) is 5.51. The van der Waals surface area contributed by atoms with Crippen molar-refractivity contribution in [1.29, 1.82) is 0 Å². The molecule has 0 aliphatic heterocycles. The number of hydrogen-bond donors (Lipinski definition) is 5. The van der Waals surface area contributed by atoms with Crippen molar-refractivity contribution < 1.29 is 4.79 Å². The number of halogens is 1. The van der Waals surface area contributed by atoms with Gasteiger partial charge in [0.15, 0.2) is 0 Å². The highest BCUT2D eigenvalue weighted by molar-refractivity contribution is 5.97. The molecule has 120 valence electrons. The molecule has 0 radical (unpaired) electrons. The molecule has 0 aromatic carbocycles. The molecule has 21 heavy (non-hydrogen) atoms. The number of hydrogen-bond acceptors (Lipinski definition) is 5. The number of aromatic amines is 2. The first-order valence-corrected chi connectivity index (χ1v) is 6.33. The standard InChI is InChI=1S/C12H21N5O3.ClH/c1-6(2)4-12(3,5-13)17-10(19)8-7(14)9(18)16-11(20)15-8;/h6H,4-5,13-14H2,1-3H3,(H,17,19)(H2,15,16,18,20);1H. The molecule has 8 nitrogen and oxygen atoms in total. The molecule has 0 bridgehead atoms. The van der Waals surface area contributed by atoms with E-state index >= 15 is 0 Å². The molecule has 1 rings (SSSR count). The van der Waals surface area contributed by atoms with Gasteiger partial charge in [0.25, 0.3) is 11.5 Å². The van der Waals surface area contributed by atoms with E-state index in [-0.39, 0.29) is 30.3 Å².